The molecule has 5 nitrogen and oxygen atoms in total. The smallest absolute Gasteiger partial charge is 0.341 e. The van der Waals surface area contributed by atoms with Crippen LogP contribution in [0.25, 0.3) is 0 Å². The number of hydrogen-bond acceptors (Lipinski definition) is 6. The third kappa shape index (κ3) is 3.52. The van der Waals surface area contributed by atoms with E-state index < -0.39 is 5.97 Å². The lowest BCUT2D eigenvalue weighted by Gasteiger charge is -2.06. The van der Waals surface area contributed by atoms with Crippen LogP contribution in [-0.2, 0) is 17.0 Å². The van der Waals surface area contributed by atoms with Gasteiger partial charge in [0.15, 0.2) is 0 Å². The summed E-state index contributed by atoms with van der Waals surface area (Å²) in [5.41, 5.74) is 1.79. The fraction of sp³-hybridized carbons (Fsp3) is 0.385. The molecule has 7 heteroatoms. The number of thiazole rings is 1. The van der Waals surface area contributed by atoms with E-state index in [0.29, 0.717) is 30.1 Å². The molecule has 0 radical (unpaired) electrons. The normalized spacial score (nSPS) is 10.6. The van der Waals surface area contributed by atoms with Gasteiger partial charge in [0, 0.05) is 17.3 Å². The summed E-state index contributed by atoms with van der Waals surface area (Å²) in [5.74, 6) is 0.295. The molecule has 0 saturated carbocycles. The average molecular weight is 312 g/mol. The van der Waals surface area contributed by atoms with Crippen molar-refractivity contribution >= 4 is 28.9 Å². The monoisotopic (exact) mass is 311 g/mol. The molecule has 0 fully saturated rings. The van der Waals surface area contributed by atoms with Crippen molar-refractivity contribution in [1.29, 1.82) is 0 Å². The molecule has 0 bridgehead atoms. The predicted molar refractivity (Wildman–Crippen MR) is 77.2 cm³/mol. The molecule has 2 aromatic rings. The van der Waals surface area contributed by atoms with E-state index in [-0.39, 0.29) is 5.88 Å². The Balaban J connectivity index is 2.22. The lowest BCUT2D eigenvalue weighted by Crippen LogP contribution is -2.11. The molecule has 0 aliphatic rings. The molecule has 0 amide bonds. The number of alkyl halides is 1. The fourth-order valence-electron chi connectivity index (χ4n) is 1.64. The number of esters is 1. The molecule has 0 spiro atoms. The van der Waals surface area contributed by atoms with Gasteiger partial charge in [0.1, 0.15) is 16.4 Å². The predicted octanol–water partition coefficient (Wildman–Crippen LogP) is 2.75. The SMILES string of the molecule is CCOC(=O)c1cnc(Cc2nc(C)cs2)nc1CCl. The maximum absolute atomic E-state index is 11.7. The van der Waals surface area contributed by atoms with Crippen LogP contribution in [0.3, 0.4) is 0 Å². The van der Waals surface area contributed by atoms with Gasteiger partial charge >= 0.3 is 5.97 Å². The zero-order valence-electron chi connectivity index (χ0n) is 11.2. The second-order valence-electron chi connectivity index (χ2n) is 4.06. The van der Waals surface area contributed by atoms with Gasteiger partial charge < -0.3 is 4.74 Å². The van der Waals surface area contributed by atoms with Crippen LogP contribution < -0.4 is 0 Å². The quantitative estimate of drug-likeness (QED) is 0.627. The third-order valence-electron chi connectivity index (χ3n) is 2.52. The first kappa shape index (κ1) is 14.9. The largest absolute Gasteiger partial charge is 0.462 e. The summed E-state index contributed by atoms with van der Waals surface area (Å²) in [6.07, 6.45) is 2.00. The van der Waals surface area contributed by atoms with Crippen LogP contribution in [0.2, 0.25) is 0 Å². The number of aromatic nitrogens is 3. The number of carbonyl (C=O) groups is 1. The topological polar surface area (TPSA) is 65.0 Å². The zero-order valence-corrected chi connectivity index (χ0v) is 12.8. The van der Waals surface area contributed by atoms with Crippen molar-refractivity contribution in [3.8, 4) is 0 Å². The Morgan fingerprint density at radius 2 is 2.25 bits per heavy atom. The van der Waals surface area contributed by atoms with E-state index in [4.69, 9.17) is 16.3 Å². The van der Waals surface area contributed by atoms with Crippen molar-refractivity contribution in [3.63, 3.8) is 0 Å². The lowest BCUT2D eigenvalue weighted by atomic mass is 10.2. The van der Waals surface area contributed by atoms with Gasteiger partial charge in [0.2, 0.25) is 0 Å². The number of hydrogen-bond donors (Lipinski definition) is 0. The van der Waals surface area contributed by atoms with Crippen molar-refractivity contribution in [2.75, 3.05) is 6.61 Å². The molecular weight excluding hydrogens is 298 g/mol. The molecule has 0 saturated heterocycles. The maximum atomic E-state index is 11.7. The Bertz CT molecular complexity index is 615. The first-order chi connectivity index (χ1) is 9.63. The van der Waals surface area contributed by atoms with Gasteiger partial charge in [-0.1, -0.05) is 0 Å². The zero-order chi connectivity index (χ0) is 14.5. The van der Waals surface area contributed by atoms with Gasteiger partial charge in [-0.25, -0.2) is 19.7 Å². The highest BCUT2D eigenvalue weighted by Crippen LogP contribution is 2.15. The molecule has 0 aliphatic heterocycles. The Morgan fingerprint density at radius 3 is 2.85 bits per heavy atom. The molecule has 0 aliphatic carbocycles. The van der Waals surface area contributed by atoms with Crippen molar-refractivity contribution in [2.24, 2.45) is 0 Å². The Kier molecular flexibility index (Phi) is 5.03. The van der Waals surface area contributed by atoms with Gasteiger partial charge in [0.05, 0.1) is 24.6 Å². The first-order valence-electron chi connectivity index (χ1n) is 6.13. The van der Waals surface area contributed by atoms with E-state index in [1.165, 1.54) is 6.20 Å². The van der Waals surface area contributed by atoms with Crippen LogP contribution in [0.1, 0.15) is 39.5 Å². The molecule has 2 rings (SSSR count). The molecule has 0 unspecified atom stereocenters. The Hall–Kier alpha value is -1.53. The average Bonchev–Trinajstić information content (AvgIpc) is 2.84. The van der Waals surface area contributed by atoms with Crippen molar-refractivity contribution in [1.82, 2.24) is 15.0 Å². The molecule has 20 heavy (non-hydrogen) atoms. The molecule has 106 valence electrons. The maximum Gasteiger partial charge on any atom is 0.341 e. The minimum absolute atomic E-state index is 0.139. The highest BCUT2D eigenvalue weighted by Gasteiger charge is 2.15. The standard InChI is InChI=1S/C13H14ClN3O2S/c1-3-19-13(18)9-6-15-11(17-10(9)5-14)4-12-16-8(2)7-20-12/h6-7H,3-5H2,1-2H3. The first-order valence-corrected chi connectivity index (χ1v) is 7.54. The van der Waals surface area contributed by atoms with E-state index >= 15 is 0 Å². The van der Waals surface area contributed by atoms with Gasteiger partial charge in [-0.15, -0.1) is 22.9 Å². The summed E-state index contributed by atoms with van der Waals surface area (Å²) in [6.45, 7) is 3.99. The number of rotatable bonds is 5. The van der Waals surface area contributed by atoms with Crippen LogP contribution in [0.4, 0.5) is 0 Å². The van der Waals surface area contributed by atoms with E-state index in [1.54, 1.807) is 18.3 Å². The second kappa shape index (κ2) is 6.76. The van der Waals surface area contributed by atoms with Gasteiger partial charge in [-0.2, -0.15) is 0 Å². The van der Waals surface area contributed by atoms with Crippen LogP contribution in [0.5, 0.6) is 0 Å². The van der Waals surface area contributed by atoms with Crippen molar-refractivity contribution < 1.29 is 9.53 Å². The van der Waals surface area contributed by atoms with Gasteiger partial charge in [-0.05, 0) is 13.8 Å². The van der Waals surface area contributed by atoms with Crippen LogP contribution in [-0.4, -0.2) is 27.5 Å². The summed E-state index contributed by atoms with van der Waals surface area (Å²) in [6, 6.07) is 0. The van der Waals surface area contributed by atoms with Crippen LogP contribution >= 0.6 is 22.9 Å². The minimum Gasteiger partial charge on any atom is -0.462 e. The Morgan fingerprint density at radius 1 is 1.45 bits per heavy atom. The Labute approximate surface area is 126 Å². The van der Waals surface area contributed by atoms with Gasteiger partial charge in [-0.3, -0.25) is 0 Å². The summed E-state index contributed by atoms with van der Waals surface area (Å²) in [5, 5.41) is 2.91. The fourth-order valence-corrected chi connectivity index (χ4v) is 2.62. The molecular formula is C13H14ClN3O2S. The number of halogens is 1. The molecule has 2 heterocycles. The molecule has 2 aromatic heterocycles. The molecule has 0 aromatic carbocycles. The summed E-state index contributed by atoms with van der Waals surface area (Å²) < 4.78 is 4.94. The van der Waals surface area contributed by atoms with Gasteiger partial charge in [0.25, 0.3) is 0 Å². The minimum atomic E-state index is -0.445. The highest BCUT2D eigenvalue weighted by atomic mass is 35.5. The van der Waals surface area contributed by atoms with E-state index in [0.717, 1.165) is 10.7 Å². The molecule has 0 atom stereocenters. The highest BCUT2D eigenvalue weighted by molar-refractivity contribution is 7.09. The number of aryl methyl sites for hydroxylation is 1. The lowest BCUT2D eigenvalue weighted by molar-refractivity contribution is 0.0524. The third-order valence-corrected chi connectivity index (χ3v) is 3.74. The van der Waals surface area contributed by atoms with Crippen LogP contribution in [0, 0.1) is 6.92 Å². The second-order valence-corrected chi connectivity index (χ2v) is 5.27. The summed E-state index contributed by atoms with van der Waals surface area (Å²) in [7, 11) is 0. The van der Waals surface area contributed by atoms with E-state index in [2.05, 4.69) is 15.0 Å². The summed E-state index contributed by atoms with van der Waals surface area (Å²) in [4.78, 5) is 24.6. The molecule has 0 N–H and O–H groups in total. The van der Waals surface area contributed by atoms with E-state index in [9.17, 15) is 4.79 Å². The van der Waals surface area contributed by atoms with Crippen molar-refractivity contribution in [3.05, 3.63) is 39.4 Å². The number of carbonyl (C=O) groups excluding carboxylic acids is 1. The van der Waals surface area contributed by atoms with Crippen LogP contribution in [0.15, 0.2) is 11.6 Å². The number of ether oxygens (including phenoxy) is 1. The van der Waals surface area contributed by atoms with Crippen molar-refractivity contribution in [2.45, 2.75) is 26.1 Å². The van der Waals surface area contributed by atoms with E-state index in [1.807, 2.05) is 12.3 Å². The summed E-state index contributed by atoms with van der Waals surface area (Å²) >= 11 is 7.41. The number of nitrogens with zero attached hydrogens (tertiary/aromatic N) is 3.